The summed E-state index contributed by atoms with van der Waals surface area (Å²) in [5.74, 6) is 0. The van der Waals surface area contributed by atoms with Crippen LogP contribution in [0.2, 0.25) is 0 Å². The highest BCUT2D eigenvalue weighted by molar-refractivity contribution is 5.90. The standard InChI is InChI=1S/C11H9N3O3/c1-17-13-8-9(7-12)6-10-4-2-3-5-11(10)14(15)16/h2-6,8H,1H3/b9-6-,13-8+. The van der Waals surface area contributed by atoms with E-state index in [9.17, 15) is 10.1 Å². The van der Waals surface area contributed by atoms with Crippen molar-refractivity contribution in [3.05, 3.63) is 45.5 Å². The molecule has 86 valence electrons. The lowest BCUT2D eigenvalue weighted by atomic mass is 10.1. The van der Waals surface area contributed by atoms with E-state index in [0.717, 1.165) is 0 Å². The third kappa shape index (κ3) is 3.43. The summed E-state index contributed by atoms with van der Waals surface area (Å²) in [6.07, 6.45) is 2.57. The van der Waals surface area contributed by atoms with Gasteiger partial charge in [0.15, 0.2) is 0 Å². The topological polar surface area (TPSA) is 88.5 Å². The minimum atomic E-state index is -0.506. The molecule has 1 aromatic rings. The van der Waals surface area contributed by atoms with Gasteiger partial charge in [-0.2, -0.15) is 5.26 Å². The molecule has 0 unspecified atom stereocenters. The van der Waals surface area contributed by atoms with Crippen LogP contribution in [0.4, 0.5) is 5.69 Å². The number of nitrogens with zero attached hydrogens (tertiary/aromatic N) is 3. The molecular weight excluding hydrogens is 222 g/mol. The smallest absolute Gasteiger partial charge is 0.276 e. The number of nitro groups is 1. The summed E-state index contributed by atoms with van der Waals surface area (Å²) >= 11 is 0. The molecule has 0 saturated carbocycles. The summed E-state index contributed by atoms with van der Waals surface area (Å²) in [6, 6.07) is 8.00. The van der Waals surface area contributed by atoms with E-state index in [2.05, 4.69) is 9.99 Å². The second-order valence-electron chi connectivity index (χ2n) is 2.94. The fraction of sp³-hybridized carbons (Fsp3) is 0.0909. The van der Waals surface area contributed by atoms with Crippen LogP contribution in [0.5, 0.6) is 0 Å². The lowest BCUT2D eigenvalue weighted by Crippen LogP contribution is -1.92. The van der Waals surface area contributed by atoms with Crippen molar-refractivity contribution in [1.82, 2.24) is 0 Å². The molecule has 0 N–H and O–H groups in total. The lowest BCUT2D eigenvalue weighted by Gasteiger charge is -1.96. The number of nitro benzene ring substituents is 1. The molecule has 0 atom stereocenters. The first-order valence-corrected chi connectivity index (χ1v) is 4.60. The predicted molar refractivity (Wildman–Crippen MR) is 62.2 cm³/mol. The number of allylic oxidation sites excluding steroid dienone is 1. The zero-order valence-corrected chi connectivity index (χ0v) is 9.03. The summed E-state index contributed by atoms with van der Waals surface area (Å²) in [6.45, 7) is 0. The number of rotatable bonds is 4. The van der Waals surface area contributed by atoms with Crippen LogP contribution in [0.25, 0.3) is 6.08 Å². The van der Waals surface area contributed by atoms with Crippen LogP contribution in [-0.4, -0.2) is 18.2 Å². The van der Waals surface area contributed by atoms with E-state index in [4.69, 9.17) is 5.26 Å². The van der Waals surface area contributed by atoms with E-state index in [1.54, 1.807) is 18.2 Å². The monoisotopic (exact) mass is 231 g/mol. The fourth-order valence-electron chi connectivity index (χ4n) is 1.15. The zero-order chi connectivity index (χ0) is 12.7. The Labute approximate surface area is 97.6 Å². The maximum Gasteiger partial charge on any atom is 0.276 e. The van der Waals surface area contributed by atoms with Crippen molar-refractivity contribution in [2.75, 3.05) is 7.11 Å². The Morgan fingerprint density at radius 1 is 1.59 bits per heavy atom. The Hall–Kier alpha value is -2.68. The molecule has 17 heavy (non-hydrogen) atoms. The number of hydrogen-bond acceptors (Lipinski definition) is 5. The Balaban J connectivity index is 3.17. The van der Waals surface area contributed by atoms with Crippen LogP contribution in [0.3, 0.4) is 0 Å². The average Bonchev–Trinajstić information content (AvgIpc) is 2.34. The van der Waals surface area contributed by atoms with Gasteiger partial charge in [-0.1, -0.05) is 17.3 Å². The highest BCUT2D eigenvalue weighted by Crippen LogP contribution is 2.20. The first kappa shape index (κ1) is 12.4. The molecule has 0 spiro atoms. The summed E-state index contributed by atoms with van der Waals surface area (Å²) in [5, 5.41) is 23.0. The molecule has 0 aromatic heterocycles. The number of nitriles is 1. The molecule has 0 amide bonds. The molecule has 1 aromatic carbocycles. The quantitative estimate of drug-likeness (QED) is 0.343. The van der Waals surface area contributed by atoms with Gasteiger partial charge in [-0.3, -0.25) is 10.1 Å². The van der Waals surface area contributed by atoms with Gasteiger partial charge in [0.05, 0.1) is 22.3 Å². The predicted octanol–water partition coefficient (Wildman–Crippen LogP) is 2.13. The molecule has 6 nitrogen and oxygen atoms in total. The Morgan fingerprint density at radius 3 is 2.88 bits per heavy atom. The van der Waals surface area contributed by atoms with Crippen molar-refractivity contribution < 1.29 is 9.76 Å². The molecule has 0 heterocycles. The van der Waals surface area contributed by atoms with Crippen molar-refractivity contribution in [1.29, 1.82) is 5.26 Å². The van der Waals surface area contributed by atoms with Crippen LogP contribution >= 0.6 is 0 Å². The lowest BCUT2D eigenvalue weighted by molar-refractivity contribution is -0.385. The molecule has 0 radical (unpaired) electrons. The van der Waals surface area contributed by atoms with Gasteiger partial charge in [0.2, 0.25) is 0 Å². The van der Waals surface area contributed by atoms with E-state index in [1.165, 1.54) is 25.5 Å². The molecule has 1 rings (SSSR count). The van der Waals surface area contributed by atoms with Crippen LogP contribution < -0.4 is 0 Å². The summed E-state index contributed by atoms with van der Waals surface area (Å²) in [4.78, 5) is 14.7. The van der Waals surface area contributed by atoms with Crippen LogP contribution in [-0.2, 0) is 4.84 Å². The van der Waals surface area contributed by atoms with E-state index in [1.807, 2.05) is 6.07 Å². The van der Waals surface area contributed by atoms with Gasteiger partial charge in [-0.15, -0.1) is 0 Å². The first-order valence-electron chi connectivity index (χ1n) is 4.60. The van der Waals surface area contributed by atoms with Crippen molar-refractivity contribution in [3.63, 3.8) is 0 Å². The molecule has 0 aliphatic rings. The van der Waals surface area contributed by atoms with Gasteiger partial charge in [-0.05, 0) is 12.1 Å². The zero-order valence-electron chi connectivity index (χ0n) is 9.03. The molecule has 0 aliphatic carbocycles. The SMILES string of the molecule is CO/N=C/C(C#N)=C\c1ccccc1[N+](=O)[O-]. The van der Waals surface area contributed by atoms with E-state index >= 15 is 0 Å². The molecule has 0 fully saturated rings. The highest BCUT2D eigenvalue weighted by Gasteiger charge is 2.10. The van der Waals surface area contributed by atoms with Gasteiger partial charge in [0.1, 0.15) is 13.2 Å². The minimum Gasteiger partial charge on any atom is -0.399 e. The Bertz CT molecular complexity index is 515. The number of benzene rings is 1. The number of hydrogen-bond donors (Lipinski definition) is 0. The normalized spacial score (nSPS) is 11.2. The Kier molecular flexibility index (Phi) is 4.39. The van der Waals surface area contributed by atoms with Crippen molar-refractivity contribution in [2.45, 2.75) is 0 Å². The van der Waals surface area contributed by atoms with Gasteiger partial charge in [-0.25, -0.2) is 0 Å². The third-order valence-corrected chi connectivity index (χ3v) is 1.87. The van der Waals surface area contributed by atoms with Gasteiger partial charge >= 0.3 is 0 Å². The van der Waals surface area contributed by atoms with Crippen molar-refractivity contribution >= 4 is 18.0 Å². The molecule has 0 saturated heterocycles. The van der Waals surface area contributed by atoms with Crippen molar-refractivity contribution in [2.24, 2.45) is 5.16 Å². The second kappa shape index (κ2) is 6.02. The van der Waals surface area contributed by atoms with E-state index < -0.39 is 4.92 Å². The molecule has 0 aliphatic heterocycles. The third-order valence-electron chi connectivity index (χ3n) is 1.87. The number of oxime groups is 1. The van der Waals surface area contributed by atoms with Gasteiger partial charge < -0.3 is 4.84 Å². The maximum atomic E-state index is 10.7. The minimum absolute atomic E-state index is 0.0638. The summed E-state index contributed by atoms with van der Waals surface area (Å²) < 4.78 is 0. The number of para-hydroxylation sites is 1. The van der Waals surface area contributed by atoms with Crippen LogP contribution in [0.1, 0.15) is 5.56 Å². The summed E-state index contributed by atoms with van der Waals surface area (Å²) in [7, 11) is 1.34. The average molecular weight is 231 g/mol. The van der Waals surface area contributed by atoms with E-state index in [0.29, 0.717) is 5.56 Å². The first-order chi connectivity index (χ1) is 8.19. The summed E-state index contributed by atoms with van der Waals surface area (Å²) in [5.41, 5.74) is 0.448. The largest absolute Gasteiger partial charge is 0.399 e. The highest BCUT2D eigenvalue weighted by atomic mass is 16.6. The second-order valence-corrected chi connectivity index (χ2v) is 2.94. The molecule has 0 bridgehead atoms. The van der Waals surface area contributed by atoms with Crippen molar-refractivity contribution in [3.8, 4) is 6.07 Å². The maximum absolute atomic E-state index is 10.7. The molecular formula is C11H9N3O3. The van der Waals surface area contributed by atoms with Gasteiger partial charge in [0.25, 0.3) is 5.69 Å². The molecule has 6 heteroatoms. The van der Waals surface area contributed by atoms with Crippen LogP contribution in [0.15, 0.2) is 35.0 Å². The van der Waals surface area contributed by atoms with Crippen LogP contribution in [0, 0.1) is 21.4 Å². The fourth-order valence-corrected chi connectivity index (χ4v) is 1.15. The Morgan fingerprint density at radius 2 is 2.29 bits per heavy atom. The van der Waals surface area contributed by atoms with E-state index in [-0.39, 0.29) is 11.3 Å². The van der Waals surface area contributed by atoms with Gasteiger partial charge in [0, 0.05) is 6.07 Å².